The van der Waals surface area contributed by atoms with E-state index in [1.807, 2.05) is 6.92 Å². The molecule has 0 radical (unpaired) electrons. The van der Waals surface area contributed by atoms with Crippen LogP contribution in [0.25, 0.3) is 21.9 Å². The smallest absolute Gasteiger partial charge is 0.195 e. The molecule has 0 aromatic heterocycles. The van der Waals surface area contributed by atoms with Crippen LogP contribution >= 0.6 is 0 Å². The maximum Gasteiger partial charge on any atom is 0.195 e. The van der Waals surface area contributed by atoms with Crippen molar-refractivity contribution < 1.29 is 20.1 Å². The van der Waals surface area contributed by atoms with Gasteiger partial charge >= 0.3 is 0 Å². The first kappa shape index (κ1) is 12.7. The van der Waals surface area contributed by atoms with Crippen molar-refractivity contribution in [2.75, 3.05) is 0 Å². The Labute approximate surface area is 125 Å². The number of fused-ring (bicyclic) bond motifs is 5. The lowest BCUT2D eigenvalue weighted by Gasteiger charge is -2.10. The molecular formula is C18H12O4. The van der Waals surface area contributed by atoms with Crippen LogP contribution in [0.3, 0.4) is 0 Å². The van der Waals surface area contributed by atoms with Gasteiger partial charge in [-0.2, -0.15) is 0 Å². The standard InChI is InChI=1S/C18H12O4/c1-8-5-9-7-13(21)16-15-10(3-2-4-11(15)19)18(22)17(16)14(9)12(20)6-8/h2-7,19-21H,1H3. The van der Waals surface area contributed by atoms with Crippen molar-refractivity contribution in [1.29, 1.82) is 0 Å². The van der Waals surface area contributed by atoms with Crippen LogP contribution in [-0.2, 0) is 0 Å². The number of benzene rings is 3. The fourth-order valence-corrected chi connectivity index (χ4v) is 3.26. The second-order valence-electron chi connectivity index (χ2n) is 5.56. The molecule has 22 heavy (non-hydrogen) atoms. The molecule has 108 valence electrons. The van der Waals surface area contributed by atoms with Crippen LogP contribution in [0.5, 0.6) is 17.2 Å². The van der Waals surface area contributed by atoms with E-state index in [1.54, 1.807) is 24.3 Å². The van der Waals surface area contributed by atoms with E-state index in [-0.39, 0.29) is 34.2 Å². The number of hydrogen-bond acceptors (Lipinski definition) is 4. The Kier molecular flexibility index (Phi) is 2.32. The number of carbonyl (C=O) groups excluding carboxylic acids is 1. The lowest BCUT2D eigenvalue weighted by Crippen LogP contribution is -1.97. The van der Waals surface area contributed by atoms with Gasteiger partial charge in [0, 0.05) is 27.6 Å². The molecule has 0 unspecified atom stereocenters. The molecule has 1 aliphatic rings. The van der Waals surface area contributed by atoms with Gasteiger partial charge in [0.15, 0.2) is 5.78 Å². The summed E-state index contributed by atoms with van der Waals surface area (Å²) in [6.45, 7) is 1.83. The first-order chi connectivity index (χ1) is 10.5. The summed E-state index contributed by atoms with van der Waals surface area (Å²) in [6, 6.07) is 9.55. The number of ketones is 1. The third kappa shape index (κ3) is 1.44. The molecule has 4 nitrogen and oxygen atoms in total. The molecule has 0 heterocycles. The highest BCUT2D eigenvalue weighted by atomic mass is 16.3. The van der Waals surface area contributed by atoms with Crippen molar-refractivity contribution >= 4 is 16.6 Å². The van der Waals surface area contributed by atoms with E-state index in [4.69, 9.17) is 0 Å². The zero-order valence-corrected chi connectivity index (χ0v) is 11.7. The molecule has 0 fully saturated rings. The van der Waals surface area contributed by atoms with Crippen LogP contribution < -0.4 is 0 Å². The molecule has 0 amide bonds. The van der Waals surface area contributed by atoms with Gasteiger partial charge in [-0.05, 0) is 36.1 Å². The van der Waals surface area contributed by atoms with Crippen LogP contribution in [-0.4, -0.2) is 21.1 Å². The molecule has 0 spiro atoms. The third-order valence-corrected chi connectivity index (χ3v) is 4.10. The maximum atomic E-state index is 12.7. The molecular weight excluding hydrogens is 280 g/mol. The summed E-state index contributed by atoms with van der Waals surface area (Å²) in [7, 11) is 0. The van der Waals surface area contributed by atoms with Gasteiger partial charge in [0.2, 0.25) is 0 Å². The Morgan fingerprint density at radius 3 is 2.36 bits per heavy atom. The van der Waals surface area contributed by atoms with Gasteiger partial charge < -0.3 is 15.3 Å². The highest BCUT2D eigenvalue weighted by molar-refractivity contribution is 6.29. The lowest BCUT2D eigenvalue weighted by molar-refractivity contribution is 0.104. The number of phenols is 3. The summed E-state index contributed by atoms with van der Waals surface area (Å²) in [6.07, 6.45) is 0. The van der Waals surface area contributed by atoms with Crippen LogP contribution in [0.4, 0.5) is 0 Å². The second-order valence-corrected chi connectivity index (χ2v) is 5.56. The van der Waals surface area contributed by atoms with Crippen molar-refractivity contribution in [2.45, 2.75) is 6.92 Å². The zero-order valence-electron chi connectivity index (χ0n) is 11.7. The quantitative estimate of drug-likeness (QED) is 0.463. The highest BCUT2D eigenvalue weighted by Crippen LogP contribution is 2.50. The van der Waals surface area contributed by atoms with Crippen molar-refractivity contribution in [3.8, 4) is 28.4 Å². The normalized spacial score (nSPS) is 12.5. The third-order valence-electron chi connectivity index (χ3n) is 4.10. The number of aromatic hydroxyl groups is 3. The van der Waals surface area contributed by atoms with Gasteiger partial charge in [-0.1, -0.05) is 18.2 Å². The molecule has 3 aromatic rings. The molecule has 0 saturated heterocycles. The summed E-state index contributed by atoms with van der Waals surface area (Å²) in [4.78, 5) is 12.7. The van der Waals surface area contributed by atoms with E-state index < -0.39 is 0 Å². The van der Waals surface area contributed by atoms with Crippen molar-refractivity contribution in [3.63, 3.8) is 0 Å². The summed E-state index contributed by atoms with van der Waals surface area (Å²) < 4.78 is 0. The Morgan fingerprint density at radius 1 is 0.818 bits per heavy atom. The van der Waals surface area contributed by atoms with Crippen molar-refractivity contribution in [1.82, 2.24) is 0 Å². The highest BCUT2D eigenvalue weighted by Gasteiger charge is 2.34. The van der Waals surface area contributed by atoms with E-state index in [1.165, 1.54) is 12.1 Å². The molecule has 3 N–H and O–H groups in total. The monoisotopic (exact) mass is 292 g/mol. The summed E-state index contributed by atoms with van der Waals surface area (Å²) in [5.74, 6) is -0.459. The Morgan fingerprint density at radius 2 is 1.59 bits per heavy atom. The minimum absolute atomic E-state index is 0.00750. The minimum Gasteiger partial charge on any atom is -0.507 e. The predicted molar refractivity (Wildman–Crippen MR) is 82.5 cm³/mol. The van der Waals surface area contributed by atoms with E-state index >= 15 is 0 Å². The molecule has 0 bridgehead atoms. The van der Waals surface area contributed by atoms with Gasteiger partial charge in [0.05, 0.1) is 0 Å². The van der Waals surface area contributed by atoms with E-state index in [9.17, 15) is 20.1 Å². The zero-order chi connectivity index (χ0) is 15.6. The maximum absolute atomic E-state index is 12.7. The van der Waals surface area contributed by atoms with Crippen LogP contribution in [0.2, 0.25) is 0 Å². The van der Waals surface area contributed by atoms with Crippen molar-refractivity contribution in [2.24, 2.45) is 0 Å². The molecule has 4 rings (SSSR count). The Hall–Kier alpha value is -3.01. The summed E-state index contributed by atoms with van der Waals surface area (Å²) in [5, 5.41) is 31.7. The first-order valence-corrected chi connectivity index (χ1v) is 6.85. The molecule has 0 atom stereocenters. The lowest BCUT2D eigenvalue weighted by atomic mass is 9.95. The topological polar surface area (TPSA) is 77.8 Å². The Balaban J connectivity index is 2.25. The number of carbonyl (C=O) groups is 1. The van der Waals surface area contributed by atoms with Gasteiger partial charge in [-0.3, -0.25) is 4.79 Å². The number of phenolic OH excluding ortho intramolecular Hbond substituents is 3. The second kappa shape index (κ2) is 4.01. The SMILES string of the molecule is Cc1cc(O)c2c3c(c(O)cc2c1)-c1c(O)cccc1C3=O. The van der Waals surface area contributed by atoms with Gasteiger partial charge in [-0.15, -0.1) is 0 Å². The molecule has 1 aliphatic carbocycles. The average Bonchev–Trinajstić information content (AvgIpc) is 2.74. The Bertz CT molecular complexity index is 986. The first-order valence-electron chi connectivity index (χ1n) is 6.85. The van der Waals surface area contributed by atoms with E-state index in [0.29, 0.717) is 21.9 Å². The van der Waals surface area contributed by atoms with Crippen LogP contribution in [0.15, 0.2) is 36.4 Å². The van der Waals surface area contributed by atoms with E-state index in [0.717, 1.165) is 5.56 Å². The van der Waals surface area contributed by atoms with E-state index in [2.05, 4.69) is 0 Å². The van der Waals surface area contributed by atoms with Gasteiger partial charge in [0.1, 0.15) is 17.2 Å². The van der Waals surface area contributed by atoms with Crippen molar-refractivity contribution in [3.05, 3.63) is 53.1 Å². The number of aryl methyl sites for hydroxylation is 1. The fraction of sp³-hybridized carbons (Fsp3) is 0.0556. The number of rotatable bonds is 0. The molecule has 0 aliphatic heterocycles. The summed E-state index contributed by atoms with van der Waals surface area (Å²) >= 11 is 0. The van der Waals surface area contributed by atoms with Gasteiger partial charge in [-0.25, -0.2) is 0 Å². The molecule has 3 aromatic carbocycles. The summed E-state index contributed by atoms with van der Waals surface area (Å²) in [5.41, 5.74) is 2.00. The fourth-order valence-electron chi connectivity index (χ4n) is 3.26. The van der Waals surface area contributed by atoms with Crippen LogP contribution in [0, 0.1) is 6.92 Å². The van der Waals surface area contributed by atoms with Crippen LogP contribution in [0.1, 0.15) is 21.5 Å². The van der Waals surface area contributed by atoms with Gasteiger partial charge in [0.25, 0.3) is 0 Å². The molecule has 0 saturated carbocycles. The average molecular weight is 292 g/mol. The minimum atomic E-state index is -0.305. The predicted octanol–water partition coefficient (Wildman–Crippen LogP) is 3.48. The molecule has 4 heteroatoms. The largest absolute Gasteiger partial charge is 0.507 e. The number of hydrogen-bond donors (Lipinski definition) is 3.